The molecular weight excluding hydrogens is 404 g/mol. The topological polar surface area (TPSA) is 92.8 Å². The summed E-state index contributed by atoms with van der Waals surface area (Å²) >= 11 is 0. The van der Waals surface area contributed by atoms with E-state index in [1.54, 1.807) is 24.3 Å². The summed E-state index contributed by atoms with van der Waals surface area (Å²) in [6.45, 7) is 3.40. The quantitative estimate of drug-likeness (QED) is 0.712. The van der Waals surface area contributed by atoms with Crippen LogP contribution in [0.1, 0.15) is 46.0 Å². The number of hydrogen-bond donors (Lipinski definition) is 1. The molecule has 30 heavy (non-hydrogen) atoms. The fraction of sp³-hybridized carbons (Fsp3) is 0.364. The number of piperidine rings is 1. The van der Waals surface area contributed by atoms with E-state index in [1.807, 2.05) is 0 Å². The van der Waals surface area contributed by atoms with Crippen LogP contribution in [0.25, 0.3) is 0 Å². The van der Waals surface area contributed by atoms with E-state index in [1.165, 1.54) is 35.7 Å². The van der Waals surface area contributed by atoms with Crippen LogP contribution in [-0.2, 0) is 21.3 Å². The van der Waals surface area contributed by atoms with Gasteiger partial charge in [-0.05, 0) is 60.7 Å². The summed E-state index contributed by atoms with van der Waals surface area (Å²) in [5.74, 6) is -0.373. The van der Waals surface area contributed by atoms with Gasteiger partial charge in [0.2, 0.25) is 10.0 Å². The third kappa shape index (κ3) is 5.06. The van der Waals surface area contributed by atoms with E-state index in [-0.39, 0.29) is 17.3 Å². The molecule has 1 N–H and O–H groups in total. The SMILES string of the molecule is COC(=O)c1ccc(CNC(=O)c2ccc(S(=O)(=O)N3CCC[C@@H](C)C3)cc2)cc1. The second-order valence-corrected chi connectivity index (χ2v) is 9.44. The molecule has 0 bridgehead atoms. The lowest BCUT2D eigenvalue weighted by Gasteiger charge is -2.30. The average molecular weight is 431 g/mol. The van der Waals surface area contributed by atoms with Crippen molar-refractivity contribution in [2.24, 2.45) is 5.92 Å². The van der Waals surface area contributed by atoms with E-state index in [9.17, 15) is 18.0 Å². The Morgan fingerprint density at radius 1 is 1.07 bits per heavy atom. The number of amides is 1. The number of hydrogen-bond acceptors (Lipinski definition) is 5. The standard InChI is InChI=1S/C22H26N2O5S/c1-16-4-3-13-24(15-16)30(27,28)20-11-9-18(10-12-20)21(25)23-14-17-5-7-19(8-6-17)22(26)29-2/h5-12,16H,3-4,13-15H2,1-2H3,(H,23,25)/t16-/m1/s1. The van der Waals surface area contributed by atoms with E-state index in [4.69, 9.17) is 0 Å². The van der Waals surface area contributed by atoms with E-state index in [2.05, 4.69) is 17.0 Å². The highest BCUT2D eigenvalue weighted by Gasteiger charge is 2.28. The molecule has 1 aliphatic rings. The second-order valence-electron chi connectivity index (χ2n) is 7.51. The first-order chi connectivity index (χ1) is 14.3. The molecule has 2 aromatic carbocycles. The van der Waals surface area contributed by atoms with Gasteiger partial charge in [-0.1, -0.05) is 19.1 Å². The van der Waals surface area contributed by atoms with Crippen molar-refractivity contribution in [2.75, 3.05) is 20.2 Å². The summed E-state index contributed by atoms with van der Waals surface area (Å²) in [5.41, 5.74) is 1.65. The van der Waals surface area contributed by atoms with Gasteiger partial charge in [-0.2, -0.15) is 4.31 Å². The van der Waals surface area contributed by atoms with Crippen molar-refractivity contribution in [3.8, 4) is 0 Å². The van der Waals surface area contributed by atoms with Crippen LogP contribution in [0.4, 0.5) is 0 Å². The molecule has 1 atom stereocenters. The minimum atomic E-state index is -3.54. The van der Waals surface area contributed by atoms with Crippen LogP contribution in [-0.4, -0.2) is 44.8 Å². The Morgan fingerprint density at radius 3 is 2.30 bits per heavy atom. The van der Waals surface area contributed by atoms with Gasteiger partial charge in [-0.15, -0.1) is 0 Å². The molecule has 3 rings (SSSR count). The summed E-state index contributed by atoms with van der Waals surface area (Å²) in [5, 5.41) is 2.79. The van der Waals surface area contributed by atoms with Crippen molar-refractivity contribution in [1.29, 1.82) is 0 Å². The first kappa shape index (κ1) is 22.0. The number of nitrogens with one attached hydrogen (secondary N) is 1. The minimum Gasteiger partial charge on any atom is -0.465 e. The first-order valence-electron chi connectivity index (χ1n) is 9.87. The zero-order valence-electron chi connectivity index (χ0n) is 17.1. The van der Waals surface area contributed by atoms with Gasteiger partial charge in [0.15, 0.2) is 0 Å². The predicted octanol–water partition coefficient (Wildman–Crippen LogP) is 2.82. The molecule has 2 aromatic rings. The van der Waals surface area contributed by atoms with Crippen LogP contribution >= 0.6 is 0 Å². The molecule has 1 heterocycles. The van der Waals surface area contributed by atoms with E-state index in [0.717, 1.165) is 18.4 Å². The molecule has 1 saturated heterocycles. The Morgan fingerprint density at radius 2 is 1.70 bits per heavy atom. The molecule has 1 fully saturated rings. The zero-order chi connectivity index (χ0) is 21.7. The molecule has 0 aromatic heterocycles. The van der Waals surface area contributed by atoms with E-state index < -0.39 is 16.0 Å². The van der Waals surface area contributed by atoms with Crippen LogP contribution < -0.4 is 5.32 Å². The highest BCUT2D eigenvalue weighted by molar-refractivity contribution is 7.89. The molecular formula is C22H26N2O5S. The summed E-state index contributed by atoms with van der Waals surface area (Å²) in [4.78, 5) is 24.1. The smallest absolute Gasteiger partial charge is 0.337 e. The number of benzene rings is 2. The van der Waals surface area contributed by atoms with Gasteiger partial charge in [0.1, 0.15) is 0 Å². The Balaban J connectivity index is 1.61. The maximum absolute atomic E-state index is 12.8. The molecule has 0 unspecified atom stereocenters. The maximum Gasteiger partial charge on any atom is 0.337 e. The third-order valence-electron chi connectivity index (χ3n) is 5.20. The Labute approximate surface area is 177 Å². The number of carbonyl (C=O) groups is 2. The van der Waals surface area contributed by atoms with E-state index in [0.29, 0.717) is 30.1 Å². The van der Waals surface area contributed by atoms with Crippen molar-refractivity contribution in [2.45, 2.75) is 31.2 Å². The van der Waals surface area contributed by atoms with Crippen LogP contribution in [0.5, 0.6) is 0 Å². The van der Waals surface area contributed by atoms with Gasteiger partial charge < -0.3 is 10.1 Å². The molecule has 1 amide bonds. The fourth-order valence-corrected chi connectivity index (χ4v) is 5.05. The van der Waals surface area contributed by atoms with Gasteiger partial charge in [-0.25, -0.2) is 13.2 Å². The van der Waals surface area contributed by atoms with Crippen LogP contribution in [0.2, 0.25) is 0 Å². The van der Waals surface area contributed by atoms with Crippen molar-refractivity contribution in [3.05, 3.63) is 65.2 Å². The molecule has 0 radical (unpaired) electrons. The Bertz CT molecular complexity index is 1000. The lowest BCUT2D eigenvalue weighted by atomic mass is 10.0. The Hall–Kier alpha value is -2.71. The van der Waals surface area contributed by atoms with Crippen LogP contribution in [0.15, 0.2) is 53.4 Å². The number of carbonyl (C=O) groups excluding carboxylic acids is 2. The van der Waals surface area contributed by atoms with Gasteiger partial charge in [0.05, 0.1) is 17.6 Å². The number of nitrogens with zero attached hydrogens (tertiary/aromatic N) is 1. The fourth-order valence-electron chi connectivity index (χ4n) is 3.45. The maximum atomic E-state index is 12.8. The third-order valence-corrected chi connectivity index (χ3v) is 7.08. The summed E-state index contributed by atoms with van der Waals surface area (Å²) < 4.78 is 31.8. The molecule has 1 aliphatic heterocycles. The number of methoxy groups -OCH3 is 1. The van der Waals surface area contributed by atoms with Crippen molar-refractivity contribution < 1.29 is 22.7 Å². The summed E-state index contributed by atoms with van der Waals surface area (Å²) in [6.07, 6.45) is 1.90. The lowest BCUT2D eigenvalue weighted by Crippen LogP contribution is -2.39. The zero-order valence-corrected chi connectivity index (χ0v) is 17.9. The van der Waals surface area contributed by atoms with Crippen molar-refractivity contribution in [1.82, 2.24) is 9.62 Å². The molecule has 160 valence electrons. The van der Waals surface area contributed by atoms with Crippen LogP contribution in [0.3, 0.4) is 0 Å². The monoisotopic (exact) mass is 430 g/mol. The van der Waals surface area contributed by atoms with Crippen molar-refractivity contribution in [3.63, 3.8) is 0 Å². The number of rotatable bonds is 6. The summed E-state index contributed by atoms with van der Waals surface area (Å²) in [7, 11) is -2.22. The van der Waals surface area contributed by atoms with Gasteiger partial charge in [0.25, 0.3) is 5.91 Å². The van der Waals surface area contributed by atoms with Gasteiger partial charge in [-0.3, -0.25) is 4.79 Å². The normalized spacial score (nSPS) is 17.3. The molecule has 7 nitrogen and oxygen atoms in total. The molecule has 8 heteroatoms. The lowest BCUT2D eigenvalue weighted by molar-refractivity contribution is 0.0600. The van der Waals surface area contributed by atoms with Gasteiger partial charge in [0, 0.05) is 25.2 Å². The molecule has 0 aliphatic carbocycles. The predicted molar refractivity (Wildman–Crippen MR) is 113 cm³/mol. The molecule has 0 spiro atoms. The Kier molecular flexibility index (Phi) is 6.89. The van der Waals surface area contributed by atoms with Crippen molar-refractivity contribution >= 4 is 21.9 Å². The minimum absolute atomic E-state index is 0.201. The average Bonchev–Trinajstić information content (AvgIpc) is 2.77. The molecule has 0 saturated carbocycles. The summed E-state index contributed by atoms with van der Waals surface area (Å²) in [6, 6.07) is 12.8. The highest BCUT2D eigenvalue weighted by atomic mass is 32.2. The van der Waals surface area contributed by atoms with Crippen LogP contribution in [0, 0.1) is 5.92 Å². The number of esters is 1. The number of sulfonamides is 1. The van der Waals surface area contributed by atoms with Gasteiger partial charge >= 0.3 is 5.97 Å². The number of ether oxygens (including phenoxy) is 1. The van der Waals surface area contributed by atoms with E-state index >= 15 is 0 Å². The first-order valence-corrected chi connectivity index (χ1v) is 11.3. The highest BCUT2D eigenvalue weighted by Crippen LogP contribution is 2.23. The second kappa shape index (κ2) is 9.40. The largest absolute Gasteiger partial charge is 0.465 e.